The van der Waals surface area contributed by atoms with Crippen molar-refractivity contribution in [1.29, 1.82) is 0 Å². The lowest BCUT2D eigenvalue weighted by Crippen LogP contribution is -2.50. The fourth-order valence-corrected chi connectivity index (χ4v) is 3.76. The lowest BCUT2D eigenvalue weighted by Gasteiger charge is -2.34. The predicted molar refractivity (Wildman–Crippen MR) is 123 cm³/mol. The first-order valence-electron chi connectivity index (χ1n) is 10.8. The molecule has 166 valence electrons. The molecule has 2 heterocycles. The van der Waals surface area contributed by atoms with E-state index >= 15 is 0 Å². The normalized spacial score (nSPS) is 15.8. The van der Waals surface area contributed by atoms with Gasteiger partial charge in [0, 0.05) is 49.0 Å². The van der Waals surface area contributed by atoms with Gasteiger partial charge in [0.2, 0.25) is 0 Å². The average molecular weight is 434 g/mol. The van der Waals surface area contributed by atoms with Crippen molar-refractivity contribution in [3.05, 3.63) is 73.1 Å². The molecule has 32 heavy (non-hydrogen) atoms. The number of ether oxygens (including phenoxy) is 1. The number of anilines is 2. The van der Waals surface area contributed by atoms with Crippen molar-refractivity contribution in [2.24, 2.45) is 0 Å². The highest BCUT2D eigenvalue weighted by atomic mass is 16.5. The highest BCUT2D eigenvalue weighted by Crippen LogP contribution is 2.20. The first-order chi connectivity index (χ1) is 15.7. The summed E-state index contributed by atoms with van der Waals surface area (Å²) >= 11 is 0. The number of benzene rings is 2. The molecule has 1 aliphatic heterocycles. The summed E-state index contributed by atoms with van der Waals surface area (Å²) in [6.45, 7) is 2.69. The highest BCUT2D eigenvalue weighted by Gasteiger charge is 2.24. The Labute approximate surface area is 187 Å². The van der Waals surface area contributed by atoms with Crippen molar-refractivity contribution >= 4 is 23.2 Å². The van der Waals surface area contributed by atoms with Gasteiger partial charge in [0.1, 0.15) is 12.4 Å². The number of nitrogens with zero attached hydrogens (tertiary/aromatic N) is 3. The van der Waals surface area contributed by atoms with E-state index in [1.165, 1.54) is 0 Å². The van der Waals surface area contributed by atoms with Gasteiger partial charge in [-0.25, -0.2) is 0 Å². The van der Waals surface area contributed by atoms with Gasteiger partial charge in [-0.1, -0.05) is 24.3 Å². The zero-order chi connectivity index (χ0) is 22.2. The fraction of sp³-hybridized carbons (Fsp3) is 0.292. The summed E-state index contributed by atoms with van der Waals surface area (Å²) in [5.41, 5.74) is 1.64. The number of nitrogens with one attached hydrogen (secondary N) is 2. The number of piperidine rings is 1. The molecule has 8 heteroatoms. The molecule has 1 saturated heterocycles. The summed E-state index contributed by atoms with van der Waals surface area (Å²) in [5.74, 6) is -0.702. The molecular formula is C24H27N5O3. The molecule has 2 amide bonds. The van der Waals surface area contributed by atoms with Crippen LogP contribution in [-0.2, 0) is 16.1 Å². The Bertz CT molecular complexity index is 1020. The number of rotatable bonds is 7. The van der Waals surface area contributed by atoms with E-state index in [4.69, 9.17) is 4.74 Å². The van der Waals surface area contributed by atoms with E-state index in [9.17, 15) is 9.59 Å². The van der Waals surface area contributed by atoms with Crippen LogP contribution in [0.25, 0.3) is 0 Å². The standard InChI is InChI=1S/C24H27N5O3/c30-23(24(31)27-20-8-5-13-28(18-20)21-9-2-1-3-10-21)26-19-7-4-11-22(17-19)32-16-15-29-14-6-12-25-29/h1-4,6-7,9-12,14,17,20H,5,8,13,15-16,18H2,(H,26,30)(H,27,31). The van der Waals surface area contributed by atoms with Crippen LogP contribution in [0.2, 0.25) is 0 Å². The summed E-state index contributed by atoms with van der Waals surface area (Å²) in [7, 11) is 0. The van der Waals surface area contributed by atoms with Crippen molar-refractivity contribution in [1.82, 2.24) is 15.1 Å². The summed E-state index contributed by atoms with van der Waals surface area (Å²) in [4.78, 5) is 27.1. The van der Waals surface area contributed by atoms with Gasteiger partial charge in [-0.15, -0.1) is 0 Å². The van der Waals surface area contributed by atoms with Gasteiger partial charge in [0.25, 0.3) is 0 Å². The van der Waals surface area contributed by atoms with Gasteiger partial charge >= 0.3 is 11.8 Å². The van der Waals surface area contributed by atoms with E-state index in [0.29, 0.717) is 31.1 Å². The molecule has 1 aromatic heterocycles. The van der Waals surface area contributed by atoms with Gasteiger partial charge in [-0.3, -0.25) is 14.3 Å². The van der Waals surface area contributed by atoms with Crippen molar-refractivity contribution < 1.29 is 14.3 Å². The maximum absolute atomic E-state index is 12.5. The molecule has 2 N–H and O–H groups in total. The molecule has 0 spiro atoms. The summed E-state index contributed by atoms with van der Waals surface area (Å²) < 4.78 is 7.50. The molecule has 1 aliphatic rings. The van der Waals surface area contributed by atoms with E-state index < -0.39 is 11.8 Å². The number of carbonyl (C=O) groups excluding carboxylic acids is 2. The maximum Gasteiger partial charge on any atom is 0.313 e. The lowest BCUT2D eigenvalue weighted by atomic mass is 10.0. The molecule has 3 aromatic rings. The predicted octanol–water partition coefficient (Wildman–Crippen LogP) is 2.69. The Hall–Kier alpha value is -3.81. The molecule has 1 atom stereocenters. The topological polar surface area (TPSA) is 88.5 Å². The van der Waals surface area contributed by atoms with Crippen LogP contribution in [0.15, 0.2) is 73.1 Å². The molecule has 0 bridgehead atoms. The monoisotopic (exact) mass is 433 g/mol. The van der Waals surface area contributed by atoms with Crippen LogP contribution in [0.4, 0.5) is 11.4 Å². The van der Waals surface area contributed by atoms with E-state index in [-0.39, 0.29) is 6.04 Å². The third-order valence-corrected chi connectivity index (χ3v) is 5.32. The second kappa shape index (κ2) is 10.5. The second-order valence-electron chi connectivity index (χ2n) is 7.69. The molecule has 2 aromatic carbocycles. The largest absolute Gasteiger partial charge is 0.492 e. The van der Waals surface area contributed by atoms with Crippen molar-refractivity contribution in [2.45, 2.75) is 25.4 Å². The maximum atomic E-state index is 12.5. The van der Waals surface area contributed by atoms with Crippen LogP contribution in [0, 0.1) is 0 Å². The van der Waals surface area contributed by atoms with E-state index in [1.54, 1.807) is 35.1 Å². The number of amides is 2. The van der Waals surface area contributed by atoms with Crippen LogP contribution in [0.5, 0.6) is 5.75 Å². The Balaban J connectivity index is 1.26. The molecule has 0 radical (unpaired) electrons. The van der Waals surface area contributed by atoms with Gasteiger partial charge in [0.05, 0.1) is 6.54 Å². The van der Waals surface area contributed by atoms with Crippen LogP contribution < -0.4 is 20.3 Å². The minimum atomic E-state index is -0.685. The van der Waals surface area contributed by atoms with Gasteiger partial charge in [0.15, 0.2) is 0 Å². The summed E-state index contributed by atoms with van der Waals surface area (Å²) in [6, 6.07) is 18.9. The molecule has 1 unspecified atom stereocenters. The number of hydrogen-bond acceptors (Lipinski definition) is 5. The fourth-order valence-electron chi connectivity index (χ4n) is 3.76. The zero-order valence-corrected chi connectivity index (χ0v) is 17.8. The molecule has 8 nitrogen and oxygen atoms in total. The number of carbonyl (C=O) groups is 2. The van der Waals surface area contributed by atoms with E-state index in [0.717, 1.165) is 25.1 Å². The van der Waals surface area contributed by atoms with Crippen molar-refractivity contribution in [2.75, 3.05) is 29.9 Å². The molecular weight excluding hydrogens is 406 g/mol. The van der Waals surface area contributed by atoms with Gasteiger partial charge in [-0.2, -0.15) is 5.10 Å². The molecule has 0 aliphatic carbocycles. The first-order valence-corrected chi connectivity index (χ1v) is 10.8. The van der Waals surface area contributed by atoms with Gasteiger partial charge < -0.3 is 20.3 Å². The minimum absolute atomic E-state index is 0.0702. The van der Waals surface area contributed by atoms with E-state index in [1.807, 2.05) is 30.5 Å². The van der Waals surface area contributed by atoms with Crippen LogP contribution in [0.3, 0.4) is 0 Å². The Morgan fingerprint density at radius 1 is 1.06 bits per heavy atom. The number of aromatic nitrogens is 2. The van der Waals surface area contributed by atoms with Crippen molar-refractivity contribution in [3.8, 4) is 5.75 Å². The Morgan fingerprint density at radius 3 is 2.75 bits per heavy atom. The smallest absolute Gasteiger partial charge is 0.313 e. The first kappa shape index (κ1) is 21.4. The Morgan fingerprint density at radius 2 is 1.94 bits per heavy atom. The number of para-hydroxylation sites is 1. The Kier molecular flexibility index (Phi) is 7.01. The number of hydrogen-bond donors (Lipinski definition) is 2. The average Bonchev–Trinajstić information content (AvgIpc) is 3.34. The zero-order valence-electron chi connectivity index (χ0n) is 17.8. The van der Waals surface area contributed by atoms with Crippen LogP contribution >= 0.6 is 0 Å². The van der Waals surface area contributed by atoms with E-state index in [2.05, 4.69) is 32.8 Å². The molecule has 1 fully saturated rings. The third-order valence-electron chi connectivity index (χ3n) is 5.32. The highest BCUT2D eigenvalue weighted by molar-refractivity contribution is 6.39. The second-order valence-corrected chi connectivity index (χ2v) is 7.69. The lowest BCUT2D eigenvalue weighted by molar-refractivity contribution is -0.136. The molecule has 0 saturated carbocycles. The minimum Gasteiger partial charge on any atom is -0.492 e. The third kappa shape index (κ3) is 5.87. The SMILES string of the molecule is O=C(Nc1cccc(OCCn2cccn2)c1)C(=O)NC1CCCN(c2ccccc2)C1. The summed E-state index contributed by atoms with van der Waals surface area (Å²) in [6.07, 6.45) is 5.39. The van der Waals surface area contributed by atoms with Crippen LogP contribution in [-0.4, -0.2) is 47.3 Å². The molecule has 4 rings (SSSR count). The quantitative estimate of drug-likeness (QED) is 0.560. The van der Waals surface area contributed by atoms with Crippen molar-refractivity contribution in [3.63, 3.8) is 0 Å². The van der Waals surface area contributed by atoms with Crippen LogP contribution in [0.1, 0.15) is 12.8 Å². The summed E-state index contributed by atoms with van der Waals surface area (Å²) in [5, 5.41) is 9.65. The van der Waals surface area contributed by atoms with Gasteiger partial charge in [-0.05, 0) is 43.2 Å².